The smallest absolute Gasteiger partial charge is 0.210 e. The van der Waals surface area contributed by atoms with E-state index in [1.165, 1.54) is 25.7 Å². The van der Waals surface area contributed by atoms with E-state index in [4.69, 9.17) is 4.42 Å². The van der Waals surface area contributed by atoms with Crippen molar-refractivity contribution in [2.24, 2.45) is 0 Å². The van der Waals surface area contributed by atoms with Crippen LogP contribution in [0, 0.1) is 0 Å². The fourth-order valence-corrected chi connectivity index (χ4v) is 3.48. The third kappa shape index (κ3) is 3.65. The summed E-state index contributed by atoms with van der Waals surface area (Å²) < 4.78 is 7.77. The number of nitrogens with one attached hydrogen (secondary N) is 1. The summed E-state index contributed by atoms with van der Waals surface area (Å²) in [5.41, 5.74) is 0. The second-order valence-electron chi connectivity index (χ2n) is 5.28. The van der Waals surface area contributed by atoms with Gasteiger partial charge in [0.25, 0.3) is 0 Å². The van der Waals surface area contributed by atoms with Gasteiger partial charge in [-0.2, -0.15) is 0 Å². The van der Waals surface area contributed by atoms with E-state index in [2.05, 4.69) is 27.8 Å². The number of furan rings is 1. The van der Waals surface area contributed by atoms with Crippen LogP contribution in [0.25, 0.3) is 0 Å². The Balaban J connectivity index is 1.57. The van der Waals surface area contributed by atoms with Gasteiger partial charge in [-0.3, -0.25) is 0 Å². The summed E-state index contributed by atoms with van der Waals surface area (Å²) in [4.78, 5) is 0. The molecular formula is C14H21N5OS. The maximum Gasteiger partial charge on any atom is 0.210 e. The molecule has 1 aliphatic rings. The predicted molar refractivity (Wildman–Crippen MR) is 81.0 cm³/mol. The third-order valence-corrected chi connectivity index (χ3v) is 4.70. The molecule has 3 rings (SSSR count). The lowest BCUT2D eigenvalue weighted by Gasteiger charge is -2.10. The van der Waals surface area contributed by atoms with Gasteiger partial charge in [-0.05, 0) is 41.9 Å². The summed E-state index contributed by atoms with van der Waals surface area (Å²) in [6.07, 6.45) is 4.93. The number of hydrogen-bond acceptors (Lipinski definition) is 6. The Labute approximate surface area is 128 Å². The highest BCUT2D eigenvalue weighted by molar-refractivity contribution is 7.98. The molecule has 0 aromatic carbocycles. The standard InChI is InChI=1S/C14H21N5OS/c1-2-15-9-12-7-8-13(20-12)10-21-14-16-17-18-19(14)11-5-3-4-6-11/h7-8,11,15H,2-6,9-10H2,1H3. The first-order valence-corrected chi connectivity index (χ1v) is 8.54. The van der Waals surface area contributed by atoms with Crippen LogP contribution >= 0.6 is 11.8 Å². The van der Waals surface area contributed by atoms with Crippen LogP contribution < -0.4 is 5.32 Å². The molecule has 0 bridgehead atoms. The summed E-state index contributed by atoms with van der Waals surface area (Å²) in [7, 11) is 0. The molecule has 1 aliphatic carbocycles. The van der Waals surface area contributed by atoms with Gasteiger partial charge in [0.2, 0.25) is 5.16 Å². The van der Waals surface area contributed by atoms with Crippen LogP contribution in [0.5, 0.6) is 0 Å². The lowest BCUT2D eigenvalue weighted by molar-refractivity contribution is 0.422. The number of tetrazole rings is 1. The van der Waals surface area contributed by atoms with Gasteiger partial charge in [-0.1, -0.05) is 31.5 Å². The number of aromatic nitrogens is 4. The average Bonchev–Trinajstić information content (AvgIpc) is 3.22. The molecule has 114 valence electrons. The van der Waals surface area contributed by atoms with Crippen LogP contribution in [0.1, 0.15) is 50.2 Å². The predicted octanol–water partition coefficient (Wildman–Crippen LogP) is 2.78. The van der Waals surface area contributed by atoms with E-state index in [9.17, 15) is 0 Å². The van der Waals surface area contributed by atoms with E-state index in [1.54, 1.807) is 11.8 Å². The molecule has 1 fully saturated rings. The zero-order chi connectivity index (χ0) is 14.5. The third-order valence-electron chi connectivity index (χ3n) is 3.74. The Morgan fingerprint density at radius 1 is 1.33 bits per heavy atom. The molecule has 7 heteroatoms. The van der Waals surface area contributed by atoms with E-state index in [0.29, 0.717) is 6.04 Å². The molecule has 2 aromatic rings. The van der Waals surface area contributed by atoms with Crippen LogP contribution in [0.3, 0.4) is 0 Å². The average molecular weight is 307 g/mol. The number of nitrogens with zero attached hydrogens (tertiary/aromatic N) is 4. The van der Waals surface area contributed by atoms with Crippen LogP contribution in [-0.4, -0.2) is 26.8 Å². The van der Waals surface area contributed by atoms with Crippen molar-refractivity contribution in [3.8, 4) is 0 Å². The number of hydrogen-bond donors (Lipinski definition) is 1. The van der Waals surface area contributed by atoms with Gasteiger partial charge in [0.15, 0.2) is 0 Å². The van der Waals surface area contributed by atoms with Gasteiger partial charge in [-0.15, -0.1) is 5.10 Å². The molecule has 2 heterocycles. The summed E-state index contributed by atoms with van der Waals surface area (Å²) >= 11 is 1.64. The number of thioether (sulfide) groups is 1. The Bertz CT molecular complexity index is 561. The molecule has 1 N–H and O–H groups in total. The van der Waals surface area contributed by atoms with Crippen molar-refractivity contribution in [2.45, 2.75) is 56.1 Å². The molecule has 2 aromatic heterocycles. The first-order valence-electron chi connectivity index (χ1n) is 7.55. The quantitative estimate of drug-likeness (QED) is 0.793. The highest BCUT2D eigenvalue weighted by Gasteiger charge is 2.21. The zero-order valence-electron chi connectivity index (χ0n) is 12.3. The summed E-state index contributed by atoms with van der Waals surface area (Å²) in [6.45, 7) is 3.81. The molecule has 1 saturated carbocycles. The van der Waals surface area contributed by atoms with Crippen molar-refractivity contribution >= 4 is 11.8 Å². The molecule has 21 heavy (non-hydrogen) atoms. The van der Waals surface area contributed by atoms with Crippen LogP contribution in [0.4, 0.5) is 0 Å². The minimum absolute atomic E-state index is 0.475. The fourth-order valence-electron chi connectivity index (χ4n) is 2.64. The van der Waals surface area contributed by atoms with E-state index in [-0.39, 0.29) is 0 Å². The fraction of sp³-hybridized carbons (Fsp3) is 0.643. The van der Waals surface area contributed by atoms with Crippen LogP contribution in [0.2, 0.25) is 0 Å². The van der Waals surface area contributed by atoms with Gasteiger partial charge in [0.05, 0.1) is 18.3 Å². The van der Waals surface area contributed by atoms with Crippen molar-refractivity contribution in [3.63, 3.8) is 0 Å². The lowest BCUT2D eigenvalue weighted by Crippen LogP contribution is -2.10. The SMILES string of the molecule is CCNCc1ccc(CSc2nnnn2C2CCCC2)o1. The maximum atomic E-state index is 5.79. The highest BCUT2D eigenvalue weighted by Crippen LogP contribution is 2.32. The molecule has 0 atom stereocenters. The highest BCUT2D eigenvalue weighted by atomic mass is 32.2. The minimum atomic E-state index is 0.475. The van der Waals surface area contributed by atoms with Crippen molar-refractivity contribution in [1.82, 2.24) is 25.5 Å². The van der Waals surface area contributed by atoms with Gasteiger partial charge in [-0.25, -0.2) is 4.68 Å². The molecule has 0 radical (unpaired) electrons. The van der Waals surface area contributed by atoms with Crippen molar-refractivity contribution in [1.29, 1.82) is 0 Å². The molecule has 0 aliphatic heterocycles. The van der Waals surface area contributed by atoms with E-state index >= 15 is 0 Å². The lowest BCUT2D eigenvalue weighted by atomic mass is 10.3. The second kappa shape index (κ2) is 7.09. The van der Waals surface area contributed by atoms with Gasteiger partial charge >= 0.3 is 0 Å². The Morgan fingerprint density at radius 2 is 2.14 bits per heavy atom. The van der Waals surface area contributed by atoms with Crippen molar-refractivity contribution in [3.05, 3.63) is 23.7 Å². The van der Waals surface area contributed by atoms with Crippen molar-refractivity contribution in [2.75, 3.05) is 6.54 Å². The summed E-state index contributed by atoms with van der Waals surface area (Å²) in [5.74, 6) is 2.70. The van der Waals surface area contributed by atoms with Gasteiger partial charge in [0, 0.05) is 0 Å². The van der Waals surface area contributed by atoms with E-state index in [1.807, 2.05) is 16.8 Å². The molecule has 0 unspecified atom stereocenters. The first-order chi connectivity index (χ1) is 10.4. The largest absolute Gasteiger partial charge is 0.464 e. The van der Waals surface area contributed by atoms with E-state index < -0.39 is 0 Å². The molecule has 0 spiro atoms. The number of rotatable bonds is 7. The van der Waals surface area contributed by atoms with Crippen molar-refractivity contribution < 1.29 is 4.42 Å². The maximum absolute atomic E-state index is 5.79. The van der Waals surface area contributed by atoms with Gasteiger partial charge in [0.1, 0.15) is 11.5 Å². The Hall–Kier alpha value is -1.34. The van der Waals surface area contributed by atoms with Gasteiger partial charge < -0.3 is 9.73 Å². The Morgan fingerprint density at radius 3 is 2.95 bits per heavy atom. The molecule has 0 saturated heterocycles. The molecule has 0 amide bonds. The zero-order valence-corrected chi connectivity index (χ0v) is 13.1. The van der Waals surface area contributed by atoms with E-state index in [0.717, 1.165) is 35.5 Å². The van der Waals surface area contributed by atoms with Crippen LogP contribution in [0.15, 0.2) is 21.7 Å². The first kappa shape index (κ1) is 14.6. The molecular weight excluding hydrogens is 286 g/mol. The molecule has 6 nitrogen and oxygen atoms in total. The topological polar surface area (TPSA) is 68.8 Å². The summed E-state index contributed by atoms with van der Waals surface area (Å²) in [5, 5.41) is 16.3. The summed E-state index contributed by atoms with van der Waals surface area (Å²) in [6, 6.07) is 4.53. The van der Waals surface area contributed by atoms with Crippen LogP contribution in [-0.2, 0) is 12.3 Å². The Kier molecular flexibility index (Phi) is 4.92. The minimum Gasteiger partial charge on any atom is -0.464 e. The monoisotopic (exact) mass is 307 g/mol. The normalized spacial score (nSPS) is 15.9. The second-order valence-corrected chi connectivity index (χ2v) is 6.22.